The molecule has 0 fully saturated rings. The second-order valence-corrected chi connectivity index (χ2v) is 9.76. The first-order valence-electron chi connectivity index (χ1n) is 7.64. The number of hydrogen-bond donors (Lipinski definition) is 2. The molecule has 0 aliphatic rings. The number of rotatable bonds is 6. The summed E-state index contributed by atoms with van der Waals surface area (Å²) in [6, 6.07) is 12.0. The molecule has 2 rings (SSSR count). The Morgan fingerprint density at radius 3 is 2.12 bits per heavy atom. The lowest BCUT2D eigenvalue weighted by Crippen LogP contribution is -2.26. The molecule has 0 aliphatic carbocycles. The third-order valence-electron chi connectivity index (χ3n) is 3.58. The van der Waals surface area contributed by atoms with Crippen molar-refractivity contribution < 1.29 is 21.6 Å². The van der Waals surface area contributed by atoms with E-state index in [2.05, 4.69) is 10.0 Å². The van der Waals surface area contributed by atoms with Gasteiger partial charge in [0.05, 0.1) is 17.2 Å². The Balaban J connectivity index is 2.13. The molecule has 0 heterocycles. The highest BCUT2D eigenvalue weighted by Gasteiger charge is 2.14. The normalized spacial score (nSPS) is 13.0. The highest BCUT2D eigenvalue weighted by atomic mass is 32.2. The van der Waals surface area contributed by atoms with Crippen LogP contribution in [0.25, 0.3) is 0 Å². The first-order valence-corrected chi connectivity index (χ1v) is 11.4. The standard InChI is InChI=1S/C17H20N2O5S2/c1-12(13-7-9-16(10-8-13)25(2,21)22)18-17(20)14-5-4-6-15(11-14)19-26(3,23)24/h4-12,19H,1-3H3,(H,18,20)/t12-/m0/s1. The van der Waals surface area contributed by atoms with Crippen molar-refractivity contribution in [2.24, 2.45) is 0 Å². The van der Waals surface area contributed by atoms with E-state index in [0.29, 0.717) is 11.3 Å². The number of carbonyl (C=O) groups is 1. The van der Waals surface area contributed by atoms with Crippen LogP contribution in [0.1, 0.15) is 28.9 Å². The average molecular weight is 396 g/mol. The Morgan fingerprint density at radius 2 is 1.58 bits per heavy atom. The number of hydrogen-bond acceptors (Lipinski definition) is 5. The van der Waals surface area contributed by atoms with Gasteiger partial charge in [0.15, 0.2) is 9.84 Å². The number of carbonyl (C=O) groups excluding carboxylic acids is 1. The minimum absolute atomic E-state index is 0.208. The molecular weight excluding hydrogens is 376 g/mol. The van der Waals surface area contributed by atoms with Gasteiger partial charge in [-0.15, -0.1) is 0 Å². The van der Waals surface area contributed by atoms with E-state index < -0.39 is 19.9 Å². The van der Waals surface area contributed by atoms with E-state index in [0.717, 1.165) is 18.1 Å². The maximum absolute atomic E-state index is 12.4. The molecule has 2 aromatic rings. The third-order valence-corrected chi connectivity index (χ3v) is 5.32. The van der Waals surface area contributed by atoms with Gasteiger partial charge in [-0.25, -0.2) is 16.8 Å². The van der Waals surface area contributed by atoms with Gasteiger partial charge in [-0.2, -0.15) is 0 Å². The van der Waals surface area contributed by atoms with E-state index in [4.69, 9.17) is 0 Å². The maximum atomic E-state index is 12.4. The number of amides is 1. The largest absolute Gasteiger partial charge is 0.346 e. The Kier molecular flexibility index (Phi) is 5.72. The van der Waals surface area contributed by atoms with E-state index in [1.54, 1.807) is 37.3 Å². The highest BCUT2D eigenvalue weighted by molar-refractivity contribution is 7.92. The Labute approximate surface area is 153 Å². The minimum Gasteiger partial charge on any atom is -0.346 e. The maximum Gasteiger partial charge on any atom is 0.251 e. The fraction of sp³-hybridized carbons (Fsp3) is 0.235. The van der Waals surface area contributed by atoms with E-state index >= 15 is 0 Å². The molecule has 2 N–H and O–H groups in total. The summed E-state index contributed by atoms with van der Waals surface area (Å²) in [5.74, 6) is -0.373. The van der Waals surface area contributed by atoms with Gasteiger partial charge in [-0.3, -0.25) is 9.52 Å². The van der Waals surface area contributed by atoms with Crippen LogP contribution in [-0.2, 0) is 19.9 Å². The van der Waals surface area contributed by atoms with Gasteiger partial charge in [-0.05, 0) is 42.8 Å². The predicted molar refractivity (Wildman–Crippen MR) is 100 cm³/mol. The second kappa shape index (κ2) is 7.46. The molecule has 1 atom stereocenters. The average Bonchev–Trinajstić information content (AvgIpc) is 2.52. The van der Waals surface area contributed by atoms with Crippen molar-refractivity contribution in [3.8, 4) is 0 Å². The van der Waals surface area contributed by atoms with Gasteiger partial charge in [0.2, 0.25) is 10.0 Å². The highest BCUT2D eigenvalue weighted by Crippen LogP contribution is 2.18. The van der Waals surface area contributed by atoms with Crippen LogP contribution in [-0.4, -0.2) is 35.3 Å². The zero-order chi connectivity index (χ0) is 19.5. The zero-order valence-corrected chi connectivity index (χ0v) is 16.2. The molecule has 0 aromatic heterocycles. The quantitative estimate of drug-likeness (QED) is 0.776. The molecule has 9 heteroatoms. The van der Waals surface area contributed by atoms with Gasteiger partial charge in [0, 0.05) is 17.5 Å². The van der Waals surface area contributed by atoms with Crippen LogP contribution < -0.4 is 10.0 Å². The molecule has 0 unspecified atom stereocenters. The smallest absolute Gasteiger partial charge is 0.251 e. The first kappa shape index (κ1) is 19.9. The minimum atomic E-state index is -3.43. The summed E-state index contributed by atoms with van der Waals surface area (Å²) >= 11 is 0. The van der Waals surface area contributed by atoms with Gasteiger partial charge in [0.1, 0.15) is 0 Å². The lowest BCUT2D eigenvalue weighted by Gasteiger charge is -2.15. The Hall–Kier alpha value is -2.39. The summed E-state index contributed by atoms with van der Waals surface area (Å²) in [5.41, 5.74) is 1.35. The predicted octanol–water partition coefficient (Wildman–Crippen LogP) is 1.95. The number of nitrogens with one attached hydrogen (secondary N) is 2. The number of benzene rings is 2. The van der Waals surface area contributed by atoms with Crippen LogP contribution in [0, 0.1) is 0 Å². The lowest BCUT2D eigenvalue weighted by atomic mass is 10.1. The second-order valence-electron chi connectivity index (χ2n) is 5.99. The van der Waals surface area contributed by atoms with Crippen molar-refractivity contribution in [2.45, 2.75) is 17.9 Å². The van der Waals surface area contributed by atoms with Crippen LogP contribution in [0.5, 0.6) is 0 Å². The Bertz CT molecular complexity index is 1010. The molecular formula is C17H20N2O5S2. The number of anilines is 1. The monoisotopic (exact) mass is 396 g/mol. The molecule has 26 heavy (non-hydrogen) atoms. The summed E-state index contributed by atoms with van der Waals surface area (Å²) in [6.07, 6.45) is 2.16. The Morgan fingerprint density at radius 1 is 0.962 bits per heavy atom. The van der Waals surface area contributed by atoms with E-state index in [9.17, 15) is 21.6 Å². The number of sulfone groups is 1. The van der Waals surface area contributed by atoms with Crippen molar-refractivity contribution in [3.63, 3.8) is 0 Å². The van der Waals surface area contributed by atoms with Crippen molar-refractivity contribution in [3.05, 3.63) is 59.7 Å². The van der Waals surface area contributed by atoms with Gasteiger partial charge in [0.25, 0.3) is 5.91 Å². The lowest BCUT2D eigenvalue weighted by molar-refractivity contribution is 0.0940. The van der Waals surface area contributed by atoms with Crippen LogP contribution >= 0.6 is 0 Å². The summed E-state index contributed by atoms with van der Waals surface area (Å²) in [5, 5.41) is 2.80. The van der Waals surface area contributed by atoms with E-state index in [-0.39, 0.29) is 16.8 Å². The van der Waals surface area contributed by atoms with Crippen molar-refractivity contribution in [2.75, 3.05) is 17.2 Å². The topological polar surface area (TPSA) is 109 Å². The SMILES string of the molecule is C[C@H](NC(=O)c1cccc(NS(C)(=O)=O)c1)c1ccc(S(C)(=O)=O)cc1. The van der Waals surface area contributed by atoms with Crippen molar-refractivity contribution in [1.29, 1.82) is 0 Å². The molecule has 140 valence electrons. The van der Waals surface area contributed by atoms with Crippen LogP contribution in [0.2, 0.25) is 0 Å². The van der Waals surface area contributed by atoms with Crippen LogP contribution in [0.4, 0.5) is 5.69 Å². The summed E-state index contributed by atoms with van der Waals surface area (Å²) in [4.78, 5) is 12.6. The van der Waals surface area contributed by atoms with E-state index in [1.165, 1.54) is 18.2 Å². The van der Waals surface area contributed by atoms with Gasteiger partial charge >= 0.3 is 0 Å². The molecule has 7 nitrogen and oxygen atoms in total. The van der Waals surface area contributed by atoms with Gasteiger partial charge < -0.3 is 5.32 Å². The summed E-state index contributed by atoms with van der Waals surface area (Å²) < 4.78 is 47.9. The van der Waals surface area contributed by atoms with Crippen LogP contribution in [0.15, 0.2) is 53.4 Å². The molecule has 0 saturated carbocycles. The number of sulfonamides is 1. The zero-order valence-electron chi connectivity index (χ0n) is 14.6. The molecule has 2 aromatic carbocycles. The molecule has 0 saturated heterocycles. The van der Waals surface area contributed by atoms with Crippen LogP contribution in [0.3, 0.4) is 0 Å². The van der Waals surface area contributed by atoms with E-state index in [1.807, 2.05) is 0 Å². The summed E-state index contributed by atoms with van der Waals surface area (Å²) in [7, 11) is -6.71. The summed E-state index contributed by atoms with van der Waals surface area (Å²) in [6.45, 7) is 1.77. The molecule has 1 amide bonds. The van der Waals surface area contributed by atoms with Crippen molar-refractivity contribution >= 4 is 31.5 Å². The van der Waals surface area contributed by atoms with Gasteiger partial charge in [-0.1, -0.05) is 18.2 Å². The molecule has 0 radical (unpaired) electrons. The molecule has 0 spiro atoms. The fourth-order valence-corrected chi connectivity index (χ4v) is 3.49. The molecule has 0 aliphatic heterocycles. The first-order chi connectivity index (χ1) is 12.0. The molecule has 0 bridgehead atoms. The van der Waals surface area contributed by atoms with Crippen molar-refractivity contribution in [1.82, 2.24) is 5.32 Å². The fourth-order valence-electron chi connectivity index (χ4n) is 2.31. The third kappa shape index (κ3) is 5.57.